The maximum absolute atomic E-state index is 13.3. The Kier molecular flexibility index (Phi) is 2.56. The molecule has 0 amide bonds. The largest absolute Gasteiger partial charge is 0.398 e. The highest BCUT2D eigenvalue weighted by Gasteiger charge is 2.10. The molecule has 0 bridgehead atoms. The minimum atomic E-state index is -0.353. The van der Waals surface area contributed by atoms with Crippen molar-refractivity contribution >= 4 is 22.7 Å². The molecule has 0 saturated carbocycles. The smallest absolute Gasteiger partial charge is 0.180 e. The van der Waals surface area contributed by atoms with Crippen molar-refractivity contribution in [2.45, 2.75) is 0 Å². The summed E-state index contributed by atoms with van der Waals surface area (Å²) in [6.45, 7) is 0. The van der Waals surface area contributed by atoms with Crippen molar-refractivity contribution in [3.63, 3.8) is 0 Å². The van der Waals surface area contributed by atoms with Crippen molar-refractivity contribution in [2.75, 3.05) is 18.1 Å². The molecule has 96 valence electrons. The standard InChI is InChI=1S/C13H12FN5/c1-16-11-5-4-10-13(18-11)19-12(17-10)8-6-7(14)2-3-9(8)15/h2-6H,15H2,1H3,(H2,16,17,18,19). The van der Waals surface area contributed by atoms with E-state index in [0.717, 1.165) is 11.3 Å². The topological polar surface area (TPSA) is 79.6 Å². The summed E-state index contributed by atoms with van der Waals surface area (Å²) in [5.41, 5.74) is 8.17. The van der Waals surface area contributed by atoms with Crippen LogP contribution in [0.5, 0.6) is 0 Å². The molecular weight excluding hydrogens is 245 g/mol. The van der Waals surface area contributed by atoms with Gasteiger partial charge in [0.15, 0.2) is 5.65 Å². The second kappa shape index (κ2) is 4.24. The van der Waals surface area contributed by atoms with Gasteiger partial charge in [-0.2, -0.15) is 0 Å². The van der Waals surface area contributed by atoms with Crippen LogP contribution in [0.2, 0.25) is 0 Å². The first-order valence-corrected chi connectivity index (χ1v) is 5.77. The summed E-state index contributed by atoms with van der Waals surface area (Å²) in [6.07, 6.45) is 0. The molecule has 0 spiro atoms. The Labute approximate surface area is 108 Å². The Morgan fingerprint density at radius 1 is 1.21 bits per heavy atom. The maximum atomic E-state index is 13.3. The third-order valence-electron chi connectivity index (χ3n) is 2.87. The van der Waals surface area contributed by atoms with Crippen LogP contribution in [-0.2, 0) is 0 Å². The molecule has 0 saturated heterocycles. The number of fused-ring (bicyclic) bond motifs is 1. The number of nitrogens with zero attached hydrogens (tertiary/aromatic N) is 2. The fraction of sp³-hybridized carbons (Fsp3) is 0.0769. The monoisotopic (exact) mass is 257 g/mol. The van der Waals surface area contributed by atoms with Crippen LogP contribution in [0.1, 0.15) is 0 Å². The summed E-state index contributed by atoms with van der Waals surface area (Å²) in [7, 11) is 1.78. The number of rotatable bonds is 2. The minimum Gasteiger partial charge on any atom is -0.398 e. The zero-order chi connectivity index (χ0) is 13.4. The van der Waals surface area contributed by atoms with Gasteiger partial charge in [-0.1, -0.05) is 0 Å². The van der Waals surface area contributed by atoms with E-state index >= 15 is 0 Å². The number of H-pyrrole nitrogens is 1. The number of anilines is 2. The lowest BCUT2D eigenvalue weighted by Gasteiger charge is -2.01. The molecule has 1 aromatic carbocycles. The molecule has 0 radical (unpaired) electrons. The Hall–Kier alpha value is -2.63. The number of benzene rings is 1. The average Bonchev–Trinajstić information content (AvgIpc) is 2.83. The van der Waals surface area contributed by atoms with Gasteiger partial charge < -0.3 is 16.0 Å². The molecule has 3 aromatic rings. The Morgan fingerprint density at radius 2 is 2.05 bits per heavy atom. The lowest BCUT2D eigenvalue weighted by Crippen LogP contribution is -1.92. The van der Waals surface area contributed by atoms with E-state index in [2.05, 4.69) is 20.3 Å². The molecule has 0 aliphatic rings. The van der Waals surface area contributed by atoms with E-state index in [1.165, 1.54) is 18.2 Å². The van der Waals surface area contributed by atoms with Crippen molar-refractivity contribution in [1.82, 2.24) is 15.0 Å². The van der Waals surface area contributed by atoms with Crippen LogP contribution < -0.4 is 11.1 Å². The molecule has 0 fully saturated rings. The maximum Gasteiger partial charge on any atom is 0.180 e. The predicted molar refractivity (Wildman–Crippen MR) is 73.2 cm³/mol. The number of pyridine rings is 1. The summed E-state index contributed by atoms with van der Waals surface area (Å²) in [5.74, 6) is 0.874. The van der Waals surface area contributed by atoms with Crippen molar-refractivity contribution < 1.29 is 4.39 Å². The summed E-state index contributed by atoms with van der Waals surface area (Å²) in [6, 6.07) is 7.88. The Morgan fingerprint density at radius 3 is 2.84 bits per heavy atom. The van der Waals surface area contributed by atoms with Gasteiger partial charge in [0.1, 0.15) is 17.5 Å². The van der Waals surface area contributed by atoms with Crippen LogP contribution in [0.15, 0.2) is 30.3 Å². The van der Waals surface area contributed by atoms with Gasteiger partial charge in [0.05, 0.1) is 5.52 Å². The Bertz CT molecular complexity index is 750. The molecule has 5 nitrogen and oxygen atoms in total. The molecule has 6 heteroatoms. The highest BCUT2D eigenvalue weighted by Crippen LogP contribution is 2.26. The number of nitrogen functional groups attached to an aromatic ring is 1. The first kappa shape index (κ1) is 11.5. The third kappa shape index (κ3) is 1.97. The molecule has 19 heavy (non-hydrogen) atoms. The second-order valence-electron chi connectivity index (χ2n) is 4.13. The fourth-order valence-electron chi connectivity index (χ4n) is 1.89. The zero-order valence-electron chi connectivity index (χ0n) is 10.2. The van der Waals surface area contributed by atoms with Crippen LogP contribution in [-0.4, -0.2) is 22.0 Å². The molecule has 0 atom stereocenters. The van der Waals surface area contributed by atoms with E-state index in [1.54, 1.807) is 7.05 Å². The number of halogens is 1. The van der Waals surface area contributed by atoms with E-state index in [0.29, 0.717) is 22.7 Å². The van der Waals surface area contributed by atoms with Gasteiger partial charge in [-0.25, -0.2) is 14.4 Å². The highest BCUT2D eigenvalue weighted by atomic mass is 19.1. The molecule has 3 rings (SSSR count). The van der Waals surface area contributed by atoms with Gasteiger partial charge in [-0.05, 0) is 30.3 Å². The lowest BCUT2D eigenvalue weighted by molar-refractivity contribution is 0.628. The number of hydrogen-bond acceptors (Lipinski definition) is 4. The summed E-state index contributed by atoms with van der Waals surface area (Å²) >= 11 is 0. The fourth-order valence-corrected chi connectivity index (χ4v) is 1.89. The van der Waals surface area contributed by atoms with Gasteiger partial charge in [-0.3, -0.25) is 0 Å². The van der Waals surface area contributed by atoms with Crippen LogP contribution in [0.4, 0.5) is 15.9 Å². The second-order valence-corrected chi connectivity index (χ2v) is 4.13. The highest BCUT2D eigenvalue weighted by molar-refractivity contribution is 5.81. The van der Waals surface area contributed by atoms with Crippen LogP contribution >= 0.6 is 0 Å². The first-order chi connectivity index (χ1) is 9.17. The van der Waals surface area contributed by atoms with Gasteiger partial charge in [-0.15, -0.1) is 0 Å². The van der Waals surface area contributed by atoms with Crippen molar-refractivity contribution in [1.29, 1.82) is 0 Å². The zero-order valence-corrected chi connectivity index (χ0v) is 10.2. The number of nitrogens with one attached hydrogen (secondary N) is 2. The third-order valence-corrected chi connectivity index (χ3v) is 2.87. The molecule has 0 aliphatic heterocycles. The SMILES string of the molecule is CNc1ccc2[nH]c(-c3cc(F)ccc3N)nc2n1. The minimum absolute atomic E-state index is 0.353. The average molecular weight is 257 g/mol. The number of hydrogen-bond donors (Lipinski definition) is 3. The number of aromatic amines is 1. The molecule has 0 aliphatic carbocycles. The first-order valence-electron chi connectivity index (χ1n) is 5.77. The van der Waals surface area contributed by atoms with Crippen LogP contribution in [0.25, 0.3) is 22.6 Å². The molecule has 4 N–H and O–H groups in total. The van der Waals surface area contributed by atoms with Gasteiger partial charge in [0.25, 0.3) is 0 Å². The lowest BCUT2D eigenvalue weighted by atomic mass is 10.1. The van der Waals surface area contributed by atoms with E-state index in [4.69, 9.17) is 5.73 Å². The van der Waals surface area contributed by atoms with Crippen LogP contribution in [0.3, 0.4) is 0 Å². The van der Waals surface area contributed by atoms with Crippen molar-refractivity contribution in [3.05, 3.63) is 36.1 Å². The normalized spacial score (nSPS) is 10.8. The molecule has 2 heterocycles. The number of imidazole rings is 1. The molecule has 0 unspecified atom stereocenters. The Balaban J connectivity index is 2.17. The van der Waals surface area contributed by atoms with E-state index < -0.39 is 0 Å². The van der Waals surface area contributed by atoms with E-state index in [1.807, 2.05) is 12.1 Å². The quantitative estimate of drug-likeness (QED) is 0.616. The predicted octanol–water partition coefficient (Wildman–Crippen LogP) is 2.39. The van der Waals surface area contributed by atoms with Gasteiger partial charge >= 0.3 is 0 Å². The summed E-state index contributed by atoms with van der Waals surface area (Å²) < 4.78 is 13.3. The molecule has 2 aromatic heterocycles. The van der Waals surface area contributed by atoms with Crippen LogP contribution in [0, 0.1) is 5.82 Å². The summed E-state index contributed by atoms with van der Waals surface area (Å²) in [4.78, 5) is 11.7. The van der Waals surface area contributed by atoms with E-state index in [-0.39, 0.29) is 5.82 Å². The molecular formula is C13H12FN5. The van der Waals surface area contributed by atoms with Gasteiger partial charge in [0, 0.05) is 18.3 Å². The van der Waals surface area contributed by atoms with Crippen molar-refractivity contribution in [3.8, 4) is 11.4 Å². The van der Waals surface area contributed by atoms with E-state index in [9.17, 15) is 4.39 Å². The summed E-state index contributed by atoms with van der Waals surface area (Å²) in [5, 5.41) is 2.94. The van der Waals surface area contributed by atoms with Gasteiger partial charge in [0.2, 0.25) is 0 Å². The van der Waals surface area contributed by atoms with Crippen molar-refractivity contribution in [2.24, 2.45) is 0 Å². The number of nitrogens with two attached hydrogens (primary N) is 1. The number of aromatic nitrogens is 3.